The van der Waals surface area contributed by atoms with Crippen LogP contribution in [0.25, 0.3) is 0 Å². The zero-order valence-electron chi connectivity index (χ0n) is 28.3. The van der Waals surface area contributed by atoms with Crippen LogP contribution in [0, 0.1) is 0 Å². The normalized spacial score (nSPS) is 18.1. The topological polar surface area (TPSA) is 158 Å². The SMILES string of the molecule is CC1(C)C(/C=C/C=C/C=C\C=C2\N(C/C=C\OO)c3ccc(NS(C)(=O)=O)cc3C2(C)C)=[N+](C/C=C/OO)c2ccc(NS(C)(=O)=O)cc21. The monoisotopic (exact) mass is 711 g/mol. The van der Waals surface area contributed by atoms with Gasteiger partial charge in [-0.25, -0.2) is 27.4 Å². The Morgan fingerprint density at radius 3 is 1.98 bits per heavy atom. The van der Waals surface area contributed by atoms with Crippen molar-refractivity contribution in [1.82, 2.24) is 0 Å². The molecule has 0 spiro atoms. The van der Waals surface area contributed by atoms with Crippen molar-refractivity contribution in [2.75, 3.05) is 39.9 Å². The maximum absolute atomic E-state index is 11.9. The van der Waals surface area contributed by atoms with Gasteiger partial charge in [0, 0.05) is 58.5 Å². The molecule has 0 aliphatic carbocycles. The van der Waals surface area contributed by atoms with E-state index in [0.29, 0.717) is 24.5 Å². The second-order valence-corrected chi connectivity index (χ2v) is 16.2. The van der Waals surface area contributed by atoms with Crippen molar-refractivity contribution in [3.63, 3.8) is 0 Å². The summed E-state index contributed by atoms with van der Waals surface area (Å²) in [4.78, 5) is 10.3. The number of rotatable bonds is 14. The summed E-state index contributed by atoms with van der Waals surface area (Å²) < 4.78 is 54.6. The lowest BCUT2D eigenvalue weighted by atomic mass is 9.81. The molecule has 0 bridgehead atoms. The summed E-state index contributed by atoms with van der Waals surface area (Å²) in [5, 5.41) is 17.6. The molecule has 0 atom stereocenters. The van der Waals surface area contributed by atoms with E-state index in [1.54, 1.807) is 24.3 Å². The molecule has 0 radical (unpaired) electrons. The zero-order chi connectivity index (χ0) is 36.0. The Labute approximate surface area is 288 Å². The van der Waals surface area contributed by atoms with Gasteiger partial charge in [-0.15, -0.1) is 0 Å². The fraction of sp³-hybridized carbons (Fsp3) is 0.286. The molecular weight excluding hydrogens is 669 g/mol. The Balaban J connectivity index is 1.59. The largest absolute Gasteiger partial charge is 0.348 e. The molecule has 262 valence electrons. The molecule has 0 fully saturated rings. The van der Waals surface area contributed by atoms with Gasteiger partial charge in [-0.2, -0.15) is 4.58 Å². The number of sulfonamides is 2. The third-order valence-electron chi connectivity index (χ3n) is 8.23. The highest BCUT2D eigenvalue weighted by Gasteiger charge is 2.44. The number of fused-ring (bicyclic) bond motifs is 2. The zero-order valence-corrected chi connectivity index (χ0v) is 29.9. The fourth-order valence-corrected chi connectivity index (χ4v) is 7.28. The Morgan fingerprint density at radius 1 is 0.776 bits per heavy atom. The minimum absolute atomic E-state index is 0.410. The average molecular weight is 712 g/mol. The first-order valence-electron chi connectivity index (χ1n) is 15.3. The number of nitrogens with one attached hydrogen (secondary N) is 2. The summed E-state index contributed by atoms with van der Waals surface area (Å²) in [5.41, 5.74) is 5.64. The molecule has 2 aliphatic rings. The van der Waals surface area contributed by atoms with Gasteiger partial charge in [0.1, 0.15) is 12.5 Å². The summed E-state index contributed by atoms with van der Waals surface area (Å²) in [5.74, 6) is 0. The van der Waals surface area contributed by atoms with Gasteiger partial charge >= 0.3 is 0 Å². The first-order chi connectivity index (χ1) is 23.0. The van der Waals surface area contributed by atoms with Crippen molar-refractivity contribution in [2.24, 2.45) is 0 Å². The van der Waals surface area contributed by atoms with Crippen LogP contribution < -0.4 is 14.3 Å². The Kier molecular flexibility index (Phi) is 11.3. The minimum Gasteiger partial charge on any atom is -0.348 e. The summed E-state index contributed by atoms with van der Waals surface area (Å²) in [7, 11) is -6.89. The summed E-state index contributed by atoms with van der Waals surface area (Å²) >= 11 is 0. The molecule has 4 N–H and O–H groups in total. The maximum atomic E-state index is 11.9. The molecule has 0 saturated heterocycles. The van der Waals surface area contributed by atoms with Crippen LogP contribution >= 0.6 is 0 Å². The van der Waals surface area contributed by atoms with Crippen LogP contribution in [0.4, 0.5) is 22.7 Å². The molecule has 0 aromatic heterocycles. The van der Waals surface area contributed by atoms with Crippen LogP contribution in [0.2, 0.25) is 0 Å². The second kappa shape index (κ2) is 14.9. The molecule has 2 heterocycles. The summed E-state index contributed by atoms with van der Waals surface area (Å²) in [6, 6.07) is 10.8. The number of nitrogens with zero attached hydrogens (tertiary/aromatic N) is 2. The van der Waals surface area contributed by atoms with Gasteiger partial charge in [-0.3, -0.25) is 9.44 Å². The third-order valence-corrected chi connectivity index (χ3v) is 9.45. The van der Waals surface area contributed by atoms with Crippen LogP contribution in [0.15, 0.2) is 109 Å². The number of hydrogen-bond acceptors (Lipinski definition) is 9. The van der Waals surface area contributed by atoms with E-state index < -0.39 is 30.9 Å². The number of hydrogen-bond donors (Lipinski definition) is 4. The van der Waals surface area contributed by atoms with E-state index in [2.05, 4.69) is 56.4 Å². The minimum atomic E-state index is -3.45. The van der Waals surface area contributed by atoms with Crippen LogP contribution in [0.1, 0.15) is 38.8 Å². The Bertz CT molecular complexity index is 2010. The van der Waals surface area contributed by atoms with E-state index in [0.717, 1.165) is 46.4 Å². The molecular formula is C35H43N4O8S2+. The second-order valence-electron chi connectivity index (χ2n) is 12.7. The molecule has 12 nitrogen and oxygen atoms in total. The van der Waals surface area contributed by atoms with Gasteiger partial charge in [0.05, 0.1) is 17.9 Å². The maximum Gasteiger partial charge on any atom is 0.229 e. The molecule has 2 aliphatic heterocycles. The predicted molar refractivity (Wildman–Crippen MR) is 194 cm³/mol. The Hall–Kier alpha value is -4.63. The van der Waals surface area contributed by atoms with E-state index in [9.17, 15) is 16.8 Å². The van der Waals surface area contributed by atoms with Gasteiger partial charge in [0.15, 0.2) is 12.3 Å². The van der Waals surface area contributed by atoms with Crippen molar-refractivity contribution in [3.8, 4) is 0 Å². The first kappa shape index (κ1) is 37.2. The molecule has 2 aromatic rings. The predicted octanol–water partition coefficient (Wildman–Crippen LogP) is 6.16. The molecule has 4 rings (SSSR count). The number of benzene rings is 2. The molecule has 0 saturated carbocycles. The van der Waals surface area contributed by atoms with Crippen molar-refractivity contribution < 1.29 is 41.7 Å². The lowest BCUT2D eigenvalue weighted by Crippen LogP contribution is -2.27. The molecule has 0 unspecified atom stereocenters. The van der Waals surface area contributed by atoms with Gasteiger partial charge < -0.3 is 14.7 Å². The molecule has 0 amide bonds. The van der Waals surface area contributed by atoms with Crippen LogP contribution in [-0.2, 0) is 40.7 Å². The molecule has 14 heteroatoms. The highest BCUT2D eigenvalue weighted by molar-refractivity contribution is 7.92. The molecule has 49 heavy (non-hydrogen) atoms. The van der Waals surface area contributed by atoms with Crippen LogP contribution in [-0.4, -0.2) is 63.2 Å². The fourth-order valence-electron chi connectivity index (χ4n) is 6.17. The highest BCUT2D eigenvalue weighted by atomic mass is 32.2. The van der Waals surface area contributed by atoms with Gasteiger partial charge in [0.25, 0.3) is 0 Å². The van der Waals surface area contributed by atoms with E-state index in [1.807, 2.05) is 66.8 Å². The van der Waals surface area contributed by atoms with Crippen LogP contribution in [0.3, 0.4) is 0 Å². The van der Waals surface area contributed by atoms with Crippen LogP contribution in [0.5, 0.6) is 0 Å². The summed E-state index contributed by atoms with van der Waals surface area (Å²) in [6.07, 6.45) is 21.5. The van der Waals surface area contributed by atoms with Gasteiger partial charge in [0.2, 0.25) is 25.7 Å². The number of allylic oxidation sites excluding steroid dienone is 8. The summed E-state index contributed by atoms with van der Waals surface area (Å²) in [6.45, 7) is 9.07. The average Bonchev–Trinajstić information content (AvgIpc) is 3.33. The van der Waals surface area contributed by atoms with E-state index >= 15 is 0 Å². The standard InChI is InChI=1S/C35H42N4O8S2/c1-34(2)28-24-26(36-48(5,42)43)16-18-30(28)38(20-12-22-46-40)32(34)14-10-8-7-9-11-15-33-35(3,4)29-25-27(37-49(6,44)45)17-19-31(29)39(33)21-13-23-47-41/h7-19,22-25,36-37H,20-21H2,1-6H3,(H-,40,41)/p+1/b22-12-,23-13+. The first-order valence-corrected chi connectivity index (χ1v) is 19.1. The third kappa shape index (κ3) is 8.89. The number of anilines is 3. The van der Waals surface area contributed by atoms with Crippen molar-refractivity contribution >= 4 is 48.5 Å². The quantitative estimate of drug-likeness (QED) is 0.0592. The van der Waals surface area contributed by atoms with E-state index in [1.165, 1.54) is 12.5 Å². The lowest BCUT2D eigenvalue weighted by molar-refractivity contribution is -0.425. The molecule has 2 aromatic carbocycles. The highest BCUT2D eigenvalue weighted by Crippen LogP contribution is 2.48. The lowest BCUT2D eigenvalue weighted by Gasteiger charge is -2.26. The van der Waals surface area contributed by atoms with Crippen molar-refractivity contribution in [1.29, 1.82) is 0 Å². The van der Waals surface area contributed by atoms with E-state index in [4.69, 9.17) is 10.5 Å². The Morgan fingerprint density at radius 2 is 1.35 bits per heavy atom. The van der Waals surface area contributed by atoms with E-state index in [-0.39, 0.29) is 0 Å². The smallest absolute Gasteiger partial charge is 0.229 e. The van der Waals surface area contributed by atoms with Gasteiger partial charge in [-0.1, -0.05) is 44.2 Å². The van der Waals surface area contributed by atoms with Gasteiger partial charge in [-0.05, 0) is 61.9 Å². The van der Waals surface area contributed by atoms with Crippen molar-refractivity contribution in [3.05, 3.63) is 120 Å². The van der Waals surface area contributed by atoms with Crippen molar-refractivity contribution in [2.45, 2.75) is 38.5 Å².